The van der Waals surface area contributed by atoms with Crippen LogP contribution in [0.15, 0.2) is 53.4 Å². The van der Waals surface area contributed by atoms with Gasteiger partial charge in [0.05, 0.1) is 12.2 Å². The van der Waals surface area contributed by atoms with E-state index in [0.717, 1.165) is 16.3 Å². The predicted molar refractivity (Wildman–Crippen MR) is 91.1 cm³/mol. The Bertz CT molecular complexity index is 748. The van der Waals surface area contributed by atoms with Crippen molar-refractivity contribution in [2.45, 2.75) is 4.90 Å². The average molecular weight is 328 g/mol. The maximum atomic E-state index is 12.3. The highest BCUT2D eigenvalue weighted by atomic mass is 32.2. The molecular weight excluding hydrogens is 312 g/mol. The number of hydrogen-bond acceptors (Lipinski definition) is 5. The van der Waals surface area contributed by atoms with E-state index in [1.807, 2.05) is 42.7 Å². The Balaban J connectivity index is 1.71. The van der Waals surface area contributed by atoms with Crippen molar-refractivity contribution >= 4 is 35.0 Å². The number of nitrogens with zero attached hydrogens (tertiary/aromatic N) is 1. The van der Waals surface area contributed by atoms with Gasteiger partial charge < -0.3 is 15.0 Å². The molecule has 0 saturated heterocycles. The fourth-order valence-corrected chi connectivity index (χ4v) is 2.88. The number of nitrogens with one attached hydrogen (secondary N) is 1. The highest BCUT2D eigenvalue weighted by Crippen LogP contribution is 2.31. The van der Waals surface area contributed by atoms with Crippen LogP contribution < -0.4 is 15.0 Å². The van der Waals surface area contributed by atoms with Crippen molar-refractivity contribution in [1.29, 1.82) is 0 Å². The zero-order valence-corrected chi connectivity index (χ0v) is 13.4. The maximum Gasteiger partial charge on any atom is 0.331 e. The first-order valence-electron chi connectivity index (χ1n) is 7.14. The first-order valence-corrected chi connectivity index (χ1v) is 8.37. The summed E-state index contributed by atoms with van der Waals surface area (Å²) in [5.74, 6) is -0.0467. The number of amides is 1. The van der Waals surface area contributed by atoms with E-state index in [-0.39, 0.29) is 25.0 Å². The van der Waals surface area contributed by atoms with Gasteiger partial charge in [-0.15, -0.1) is 11.8 Å². The molecule has 23 heavy (non-hydrogen) atoms. The minimum Gasteiger partial charge on any atom is -0.423 e. The van der Waals surface area contributed by atoms with Gasteiger partial charge in [0.1, 0.15) is 6.54 Å². The molecule has 0 unspecified atom stereocenters. The number of rotatable bonds is 4. The highest BCUT2D eigenvalue weighted by Gasteiger charge is 2.25. The van der Waals surface area contributed by atoms with E-state index in [9.17, 15) is 9.59 Å². The van der Waals surface area contributed by atoms with Crippen molar-refractivity contribution in [3.8, 4) is 5.75 Å². The van der Waals surface area contributed by atoms with Crippen molar-refractivity contribution < 1.29 is 14.3 Å². The van der Waals surface area contributed by atoms with Gasteiger partial charge >= 0.3 is 5.97 Å². The van der Waals surface area contributed by atoms with E-state index >= 15 is 0 Å². The van der Waals surface area contributed by atoms with Crippen molar-refractivity contribution in [1.82, 2.24) is 0 Å². The molecule has 1 amide bonds. The molecule has 6 heteroatoms. The standard InChI is InChI=1S/C17H16N2O3S/c1-23-13-6-4-5-12(9-13)18-16(20)10-19-11-17(21)22-15-8-3-2-7-14(15)19/h2-9H,10-11H2,1H3,(H,18,20). The van der Waals surface area contributed by atoms with E-state index in [2.05, 4.69) is 5.32 Å². The summed E-state index contributed by atoms with van der Waals surface area (Å²) in [4.78, 5) is 26.7. The summed E-state index contributed by atoms with van der Waals surface area (Å²) in [6.07, 6.45) is 1.98. The fraction of sp³-hybridized carbons (Fsp3) is 0.176. The van der Waals surface area contributed by atoms with Gasteiger partial charge in [-0.1, -0.05) is 18.2 Å². The number of benzene rings is 2. The highest BCUT2D eigenvalue weighted by molar-refractivity contribution is 7.98. The molecule has 5 nitrogen and oxygen atoms in total. The molecule has 0 aliphatic carbocycles. The summed E-state index contributed by atoms with van der Waals surface area (Å²) in [6.45, 7) is 0.158. The first kappa shape index (κ1) is 15.4. The second-order valence-electron chi connectivity index (χ2n) is 5.08. The maximum absolute atomic E-state index is 12.3. The van der Waals surface area contributed by atoms with Gasteiger partial charge in [0.25, 0.3) is 0 Å². The number of esters is 1. The molecule has 0 spiro atoms. The Morgan fingerprint density at radius 2 is 2.09 bits per heavy atom. The molecular formula is C17H16N2O3S. The number of para-hydroxylation sites is 2. The third-order valence-electron chi connectivity index (χ3n) is 3.44. The van der Waals surface area contributed by atoms with Crippen LogP contribution in [0.1, 0.15) is 0 Å². The Morgan fingerprint density at radius 1 is 1.26 bits per heavy atom. The monoisotopic (exact) mass is 328 g/mol. The number of ether oxygens (including phenoxy) is 1. The third-order valence-corrected chi connectivity index (χ3v) is 4.16. The van der Waals surface area contributed by atoms with Crippen molar-refractivity contribution in [3.05, 3.63) is 48.5 Å². The smallest absolute Gasteiger partial charge is 0.331 e. The van der Waals surface area contributed by atoms with Crippen molar-refractivity contribution in [2.24, 2.45) is 0 Å². The Morgan fingerprint density at radius 3 is 2.91 bits per heavy atom. The molecule has 0 radical (unpaired) electrons. The third kappa shape index (κ3) is 3.65. The number of thioether (sulfide) groups is 1. The van der Waals surface area contributed by atoms with Crippen LogP contribution >= 0.6 is 11.8 Å². The second-order valence-corrected chi connectivity index (χ2v) is 5.96. The number of anilines is 2. The topological polar surface area (TPSA) is 58.6 Å². The lowest BCUT2D eigenvalue weighted by Gasteiger charge is -2.29. The largest absolute Gasteiger partial charge is 0.423 e. The van der Waals surface area contributed by atoms with E-state index in [1.165, 1.54) is 0 Å². The van der Waals surface area contributed by atoms with Crippen molar-refractivity contribution in [3.63, 3.8) is 0 Å². The Hall–Kier alpha value is -2.47. The van der Waals surface area contributed by atoms with Crippen LogP contribution in [-0.4, -0.2) is 31.2 Å². The summed E-state index contributed by atoms with van der Waals surface area (Å²) in [5.41, 5.74) is 1.50. The summed E-state index contributed by atoms with van der Waals surface area (Å²) >= 11 is 1.61. The second kappa shape index (κ2) is 6.75. The van der Waals surface area contributed by atoms with Crippen LogP contribution in [0.3, 0.4) is 0 Å². The van der Waals surface area contributed by atoms with Crippen LogP contribution in [-0.2, 0) is 9.59 Å². The Kier molecular flexibility index (Phi) is 4.52. The summed E-state index contributed by atoms with van der Waals surface area (Å²) in [7, 11) is 0. The molecule has 0 aromatic heterocycles. The lowest BCUT2D eigenvalue weighted by molar-refractivity contribution is -0.133. The van der Waals surface area contributed by atoms with Gasteiger partial charge in [-0.25, -0.2) is 4.79 Å². The van der Waals surface area contributed by atoms with Gasteiger partial charge in [0, 0.05) is 10.6 Å². The quantitative estimate of drug-likeness (QED) is 0.531. The molecule has 1 aliphatic heterocycles. The summed E-state index contributed by atoms with van der Waals surface area (Å²) in [5, 5.41) is 2.86. The Labute approximate surface area is 138 Å². The lowest BCUT2D eigenvalue weighted by atomic mass is 10.2. The molecule has 1 heterocycles. The van der Waals surface area contributed by atoms with Gasteiger partial charge in [0.15, 0.2) is 5.75 Å². The van der Waals surface area contributed by atoms with Gasteiger partial charge in [0.2, 0.25) is 5.91 Å². The van der Waals surface area contributed by atoms with E-state index in [1.54, 1.807) is 28.8 Å². The molecule has 2 aromatic rings. The number of carbonyl (C=O) groups excluding carboxylic acids is 2. The number of fused-ring (bicyclic) bond motifs is 1. The molecule has 1 aliphatic rings. The lowest BCUT2D eigenvalue weighted by Crippen LogP contribution is -2.41. The van der Waals surface area contributed by atoms with Crippen LogP contribution in [0.2, 0.25) is 0 Å². The molecule has 1 N–H and O–H groups in total. The minimum atomic E-state index is -0.360. The molecule has 3 rings (SSSR count). The fourth-order valence-electron chi connectivity index (χ4n) is 2.42. The van der Waals surface area contributed by atoms with Crippen LogP contribution in [0, 0.1) is 0 Å². The molecule has 0 bridgehead atoms. The first-order chi connectivity index (χ1) is 11.2. The summed E-state index contributed by atoms with van der Waals surface area (Å²) < 4.78 is 5.18. The molecule has 0 fully saturated rings. The van der Waals surface area contributed by atoms with Gasteiger partial charge in [-0.3, -0.25) is 4.79 Å². The van der Waals surface area contributed by atoms with Crippen LogP contribution in [0.25, 0.3) is 0 Å². The molecule has 0 saturated carbocycles. The van der Waals surface area contributed by atoms with Crippen molar-refractivity contribution in [2.75, 3.05) is 29.6 Å². The molecule has 2 aromatic carbocycles. The van der Waals surface area contributed by atoms with Crippen LogP contribution in [0.5, 0.6) is 5.75 Å². The van der Waals surface area contributed by atoms with Crippen LogP contribution in [0.4, 0.5) is 11.4 Å². The molecule has 118 valence electrons. The predicted octanol–water partition coefficient (Wildman–Crippen LogP) is 2.77. The number of hydrogen-bond donors (Lipinski definition) is 1. The van der Waals surface area contributed by atoms with Gasteiger partial charge in [-0.05, 0) is 36.6 Å². The zero-order chi connectivity index (χ0) is 16.2. The molecule has 0 atom stereocenters. The number of carbonyl (C=O) groups is 2. The average Bonchev–Trinajstić information content (AvgIpc) is 2.54. The van der Waals surface area contributed by atoms with Gasteiger partial charge in [-0.2, -0.15) is 0 Å². The zero-order valence-electron chi connectivity index (χ0n) is 12.6. The summed E-state index contributed by atoms with van der Waals surface area (Å²) in [6, 6.07) is 14.8. The van der Waals surface area contributed by atoms with E-state index in [4.69, 9.17) is 4.74 Å². The van der Waals surface area contributed by atoms with E-state index in [0.29, 0.717) is 5.75 Å². The normalized spacial score (nSPS) is 13.3. The minimum absolute atomic E-state index is 0.0648. The SMILES string of the molecule is CSc1cccc(NC(=O)CN2CC(=O)Oc3ccccc32)c1. The van der Waals surface area contributed by atoms with E-state index < -0.39 is 0 Å².